The van der Waals surface area contributed by atoms with Gasteiger partial charge >= 0.3 is 0 Å². The molecule has 1 aromatic heterocycles. The van der Waals surface area contributed by atoms with Crippen molar-refractivity contribution in [2.75, 3.05) is 41.0 Å². The van der Waals surface area contributed by atoms with Crippen molar-refractivity contribution in [2.24, 2.45) is 4.99 Å². The molecule has 144 valence electrons. The average Bonchev–Trinajstić information content (AvgIpc) is 3.05. The first-order valence-corrected chi connectivity index (χ1v) is 8.68. The minimum absolute atomic E-state index is 0. The smallest absolute Gasteiger partial charge is 0.193 e. The Bertz CT molecular complexity index is 693. The Kier molecular flexibility index (Phi) is 7.72. The fraction of sp³-hybridized carbons (Fsp3) is 0.526. The molecule has 0 aliphatic carbocycles. The molecule has 7 heteroatoms. The number of nitrogens with zero attached hydrogens (tertiary/aromatic N) is 2. The molecule has 2 aromatic rings. The second kappa shape index (κ2) is 9.57. The number of guanidine groups is 1. The third-order valence-corrected chi connectivity index (χ3v) is 4.85. The summed E-state index contributed by atoms with van der Waals surface area (Å²) in [5.74, 6) is 1.74. The Morgan fingerprint density at radius 1 is 1.31 bits per heavy atom. The van der Waals surface area contributed by atoms with E-state index in [1.54, 1.807) is 14.2 Å². The van der Waals surface area contributed by atoms with E-state index in [1.165, 1.54) is 0 Å². The summed E-state index contributed by atoms with van der Waals surface area (Å²) in [6, 6.07) is 10.1. The first kappa shape index (κ1) is 21.0. The summed E-state index contributed by atoms with van der Waals surface area (Å²) < 4.78 is 17.1. The summed E-state index contributed by atoms with van der Waals surface area (Å²) in [7, 11) is 5.57. The highest BCUT2D eigenvalue weighted by atomic mass is 127. The van der Waals surface area contributed by atoms with Crippen LogP contribution in [0.15, 0.2) is 39.7 Å². The van der Waals surface area contributed by atoms with Crippen LogP contribution in [0.3, 0.4) is 0 Å². The highest BCUT2D eigenvalue weighted by molar-refractivity contribution is 14.0. The number of para-hydroxylation sites is 1. The van der Waals surface area contributed by atoms with E-state index in [-0.39, 0.29) is 29.6 Å². The van der Waals surface area contributed by atoms with E-state index < -0.39 is 0 Å². The molecule has 6 nitrogen and oxygen atoms in total. The highest BCUT2D eigenvalue weighted by Crippen LogP contribution is 2.24. The van der Waals surface area contributed by atoms with Crippen LogP contribution in [-0.2, 0) is 16.0 Å². The lowest BCUT2D eigenvalue weighted by Crippen LogP contribution is -2.50. The SMILES string of the molecule is CN=C(NCC1(OC)CCOCC1)N(C)Cc1cc2ccccc2o1.I. The molecule has 0 bridgehead atoms. The molecular formula is C19H28IN3O3. The summed E-state index contributed by atoms with van der Waals surface area (Å²) in [5.41, 5.74) is 0.725. The van der Waals surface area contributed by atoms with Crippen LogP contribution in [0, 0.1) is 0 Å². The third kappa shape index (κ3) is 4.89. The minimum Gasteiger partial charge on any atom is -0.459 e. The molecule has 0 unspecified atom stereocenters. The number of hydrogen-bond donors (Lipinski definition) is 1. The lowest BCUT2D eigenvalue weighted by molar-refractivity contribution is -0.0857. The van der Waals surface area contributed by atoms with Crippen LogP contribution in [0.2, 0.25) is 0 Å². The van der Waals surface area contributed by atoms with E-state index in [0.29, 0.717) is 13.1 Å². The van der Waals surface area contributed by atoms with Gasteiger partial charge in [0.2, 0.25) is 0 Å². The molecule has 1 saturated heterocycles. The first-order valence-electron chi connectivity index (χ1n) is 8.68. The Morgan fingerprint density at radius 2 is 2.04 bits per heavy atom. The second-order valence-corrected chi connectivity index (χ2v) is 6.51. The number of fused-ring (bicyclic) bond motifs is 1. The molecule has 0 radical (unpaired) electrons. The van der Waals surface area contributed by atoms with E-state index in [1.807, 2.05) is 25.2 Å². The Labute approximate surface area is 171 Å². The van der Waals surface area contributed by atoms with Crippen LogP contribution in [0.5, 0.6) is 0 Å². The number of methoxy groups -OCH3 is 1. The maximum Gasteiger partial charge on any atom is 0.193 e. The van der Waals surface area contributed by atoms with Crippen LogP contribution in [0.25, 0.3) is 11.0 Å². The Balaban J connectivity index is 0.00000243. The quantitative estimate of drug-likeness (QED) is 0.411. The molecule has 3 rings (SSSR count). The van der Waals surface area contributed by atoms with E-state index in [2.05, 4.69) is 27.3 Å². The number of halogens is 1. The van der Waals surface area contributed by atoms with E-state index in [9.17, 15) is 0 Å². The van der Waals surface area contributed by atoms with Gasteiger partial charge in [-0.3, -0.25) is 4.99 Å². The summed E-state index contributed by atoms with van der Waals surface area (Å²) >= 11 is 0. The summed E-state index contributed by atoms with van der Waals surface area (Å²) in [4.78, 5) is 6.45. The fourth-order valence-corrected chi connectivity index (χ4v) is 3.24. The van der Waals surface area contributed by atoms with Crippen LogP contribution < -0.4 is 5.32 Å². The first-order chi connectivity index (χ1) is 12.2. The van der Waals surface area contributed by atoms with Crippen LogP contribution in [0.4, 0.5) is 0 Å². The summed E-state index contributed by atoms with van der Waals surface area (Å²) in [5, 5.41) is 4.56. The van der Waals surface area contributed by atoms with Gasteiger partial charge in [-0.1, -0.05) is 18.2 Å². The van der Waals surface area contributed by atoms with E-state index >= 15 is 0 Å². The van der Waals surface area contributed by atoms with Gasteiger partial charge in [-0.2, -0.15) is 0 Å². The number of ether oxygens (including phenoxy) is 2. The number of rotatable bonds is 5. The van der Waals surface area contributed by atoms with Crippen molar-refractivity contribution < 1.29 is 13.9 Å². The molecule has 0 atom stereocenters. The Morgan fingerprint density at radius 3 is 2.69 bits per heavy atom. The topological polar surface area (TPSA) is 59.2 Å². The number of aliphatic imine (C=N–C) groups is 1. The van der Waals surface area contributed by atoms with Gasteiger partial charge in [0.05, 0.1) is 12.1 Å². The molecule has 1 N–H and O–H groups in total. The molecule has 1 fully saturated rings. The molecule has 1 aliphatic heterocycles. The van der Waals surface area contributed by atoms with Crippen LogP contribution in [-0.4, -0.2) is 57.4 Å². The zero-order valence-electron chi connectivity index (χ0n) is 15.7. The minimum atomic E-state index is -0.186. The van der Waals surface area contributed by atoms with Gasteiger partial charge in [0, 0.05) is 59.2 Å². The summed E-state index contributed by atoms with van der Waals surface area (Å²) in [6.07, 6.45) is 1.78. The van der Waals surface area contributed by atoms with Gasteiger partial charge in [0.1, 0.15) is 11.3 Å². The molecule has 0 spiro atoms. The van der Waals surface area contributed by atoms with Gasteiger partial charge in [-0.15, -0.1) is 24.0 Å². The van der Waals surface area contributed by atoms with Crippen molar-refractivity contribution in [1.29, 1.82) is 0 Å². The number of nitrogens with one attached hydrogen (secondary N) is 1. The van der Waals surface area contributed by atoms with E-state index in [0.717, 1.165) is 48.7 Å². The molecule has 2 heterocycles. The highest BCUT2D eigenvalue weighted by Gasteiger charge is 2.32. The molecular weight excluding hydrogens is 445 g/mol. The van der Waals surface area contributed by atoms with Gasteiger partial charge in [0.15, 0.2) is 5.96 Å². The zero-order valence-corrected chi connectivity index (χ0v) is 18.0. The van der Waals surface area contributed by atoms with Crippen molar-refractivity contribution in [2.45, 2.75) is 25.0 Å². The molecule has 26 heavy (non-hydrogen) atoms. The average molecular weight is 473 g/mol. The van der Waals surface area contributed by atoms with E-state index in [4.69, 9.17) is 13.9 Å². The zero-order chi connectivity index (χ0) is 17.7. The number of furan rings is 1. The predicted molar refractivity (Wildman–Crippen MR) is 114 cm³/mol. The van der Waals surface area contributed by atoms with Gasteiger partial charge in [-0.25, -0.2) is 0 Å². The maximum absolute atomic E-state index is 5.90. The largest absolute Gasteiger partial charge is 0.459 e. The summed E-state index contributed by atoms with van der Waals surface area (Å²) in [6.45, 7) is 2.84. The lowest BCUT2D eigenvalue weighted by atomic mass is 9.94. The van der Waals surface area contributed by atoms with Crippen molar-refractivity contribution in [3.05, 3.63) is 36.1 Å². The van der Waals surface area contributed by atoms with Gasteiger partial charge < -0.3 is 24.1 Å². The molecule has 0 saturated carbocycles. The second-order valence-electron chi connectivity index (χ2n) is 6.51. The standard InChI is InChI=1S/C19H27N3O3.HI/c1-20-18(21-14-19(23-3)8-10-24-11-9-19)22(2)13-16-12-15-6-4-5-7-17(15)25-16;/h4-7,12H,8-11,13-14H2,1-3H3,(H,20,21);1H. The third-order valence-electron chi connectivity index (χ3n) is 4.85. The normalized spacial score (nSPS) is 17.0. The molecule has 1 aromatic carbocycles. The molecule has 1 aliphatic rings. The number of hydrogen-bond acceptors (Lipinski definition) is 4. The van der Waals surface area contributed by atoms with Gasteiger partial charge in [0.25, 0.3) is 0 Å². The molecule has 0 amide bonds. The van der Waals surface area contributed by atoms with Crippen molar-refractivity contribution in [3.63, 3.8) is 0 Å². The monoisotopic (exact) mass is 473 g/mol. The van der Waals surface area contributed by atoms with Crippen LogP contribution in [0.1, 0.15) is 18.6 Å². The maximum atomic E-state index is 5.90. The predicted octanol–water partition coefficient (Wildman–Crippen LogP) is 3.25. The van der Waals surface area contributed by atoms with Crippen molar-refractivity contribution in [3.8, 4) is 0 Å². The van der Waals surface area contributed by atoms with Gasteiger partial charge in [-0.05, 0) is 12.1 Å². The van der Waals surface area contributed by atoms with Crippen molar-refractivity contribution in [1.82, 2.24) is 10.2 Å². The van der Waals surface area contributed by atoms with Crippen LogP contribution >= 0.6 is 24.0 Å². The Hall–Kier alpha value is -1.32. The lowest BCUT2D eigenvalue weighted by Gasteiger charge is -2.37. The fourth-order valence-electron chi connectivity index (χ4n) is 3.24. The van der Waals surface area contributed by atoms with Crippen molar-refractivity contribution >= 4 is 40.9 Å². The number of benzene rings is 1.